The summed E-state index contributed by atoms with van der Waals surface area (Å²) in [7, 11) is 0. The lowest BCUT2D eigenvalue weighted by Crippen LogP contribution is -2.40. The molecule has 2 heterocycles. The first-order chi connectivity index (χ1) is 13.7. The Hall–Kier alpha value is -3.34. The van der Waals surface area contributed by atoms with Crippen LogP contribution in [0.1, 0.15) is 41.7 Å². The predicted molar refractivity (Wildman–Crippen MR) is 98.3 cm³/mol. The number of ether oxygens (including phenoxy) is 3. The minimum atomic E-state index is -0.160. The molecule has 1 amide bonds. The summed E-state index contributed by atoms with van der Waals surface area (Å²) >= 11 is 0. The van der Waals surface area contributed by atoms with Gasteiger partial charge < -0.3 is 19.5 Å². The number of hydrogen-bond donors (Lipinski definition) is 1. The number of benzene rings is 1. The normalized spacial score (nSPS) is 20.7. The smallest absolute Gasteiger partial charge is 0.255 e. The molecule has 4 rings (SSSR count). The largest absolute Gasteiger partial charge is 0.486 e. The van der Waals surface area contributed by atoms with Crippen LogP contribution in [0.5, 0.6) is 17.4 Å². The number of carbonyl (C=O) groups is 1. The summed E-state index contributed by atoms with van der Waals surface area (Å²) in [5.74, 6) is 1.22. The lowest BCUT2D eigenvalue weighted by Gasteiger charge is -2.29. The fourth-order valence-electron chi connectivity index (χ4n) is 3.49. The van der Waals surface area contributed by atoms with Crippen molar-refractivity contribution in [3.63, 3.8) is 0 Å². The zero-order valence-electron chi connectivity index (χ0n) is 15.3. The monoisotopic (exact) mass is 380 g/mol. The number of nitriles is 1. The number of carbonyl (C=O) groups excluding carboxylic acids is 1. The van der Waals surface area contributed by atoms with Crippen LogP contribution in [0.15, 0.2) is 30.6 Å². The third-order valence-corrected chi connectivity index (χ3v) is 4.87. The summed E-state index contributed by atoms with van der Waals surface area (Å²) in [6.45, 7) is 0.925. The molecule has 1 aromatic carbocycles. The Morgan fingerprint density at radius 2 is 1.93 bits per heavy atom. The Labute approximate surface area is 162 Å². The van der Waals surface area contributed by atoms with E-state index >= 15 is 0 Å². The van der Waals surface area contributed by atoms with E-state index in [1.165, 1.54) is 12.4 Å². The van der Waals surface area contributed by atoms with E-state index in [-0.39, 0.29) is 29.6 Å². The van der Waals surface area contributed by atoms with Gasteiger partial charge in [-0.25, -0.2) is 9.97 Å². The highest BCUT2D eigenvalue weighted by atomic mass is 16.6. The molecule has 2 aliphatic rings. The predicted octanol–water partition coefficient (Wildman–Crippen LogP) is 2.24. The van der Waals surface area contributed by atoms with Crippen LogP contribution in [0, 0.1) is 11.3 Å². The maximum atomic E-state index is 12.7. The summed E-state index contributed by atoms with van der Waals surface area (Å²) < 4.78 is 17.0. The third kappa shape index (κ3) is 3.83. The Morgan fingerprint density at radius 3 is 2.75 bits per heavy atom. The molecule has 8 heteroatoms. The molecule has 2 aromatic rings. The molecular formula is C20H20N4O4. The number of amides is 1. The highest BCUT2D eigenvalue weighted by Crippen LogP contribution is 2.34. The van der Waals surface area contributed by atoms with Crippen molar-refractivity contribution in [1.29, 1.82) is 5.26 Å². The molecule has 1 N–H and O–H groups in total. The molecule has 1 fully saturated rings. The second kappa shape index (κ2) is 8.13. The van der Waals surface area contributed by atoms with Gasteiger partial charge in [0, 0.05) is 18.4 Å². The van der Waals surface area contributed by atoms with Gasteiger partial charge in [-0.2, -0.15) is 5.26 Å². The molecule has 144 valence electrons. The van der Waals surface area contributed by atoms with Crippen LogP contribution in [0.3, 0.4) is 0 Å². The molecule has 1 aliphatic heterocycles. The average Bonchev–Trinajstić information content (AvgIpc) is 2.75. The van der Waals surface area contributed by atoms with E-state index in [0.29, 0.717) is 30.3 Å². The molecule has 0 radical (unpaired) electrons. The maximum absolute atomic E-state index is 12.7. The van der Waals surface area contributed by atoms with Gasteiger partial charge in [0.25, 0.3) is 11.8 Å². The van der Waals surface area contributed by atoms with Gasteiger partial charge in [-0.3, -0.25) is 4.79 Å². The van der Waals surface area contributed by atoms with Crippen molar-refractivity contribution in [2.75, 3.05) is 13.2 Å². The fourth-order valence-corrected chi connectivity index (χ4v) is 3.49. The standard InChI is InChI=1S/C20H20N4O4/c21-12-16-20(23-9-8-22-16)28-14-6-4-13(5-7-14)24-19(25)15-2-1-3-17-18(15)27-11-10-26-17/h1-3,8-9,13-14H,4-7,10-11H2,(H,24,25). The van der Waals surface area contributed by atoms with Gasteiger partial charge in [0.1, 0.15) is 25.4 Å². The number of hydrogen-bond acceptors (Lipinski definition) is 7. The van der Waals surface area contributed by atoms with E-state index < -0.39 is 0 Å². The fraction of sp³-hybridized carbons (Fsp3) is 0.400. The van der Waals surface area contributed by atoms with Crippen molar-refractivity contribution >= 4 is 5.91 Å². The van der Waals surface area contributed by atoms with E-state index in [4.69, 9.17) is 19.5 Å². The molecule has 8 nitrogen and oxygen atoms in total. The Kier molecular flexibility index (Phi) is 5.24. The quantitative estimate of drug-likeness (QED) is 0.867. The van der Waals surface area contributed by atoms with Crippen molar-refractivity contribution in [2.24, 2.45) is 0 Å². The summed E-state index contributed by atoms with van der Waals surface area (Å²) in [5, 5.41) is 12.2. The molecule has 28 heavy (non-hydrogen) atoms. The van der Waals surface area contributed by atoms with Crippen molar-refractivity contribution in [1.82, 2.24) is 15.3 Å². The molecule has 0 unspecified atom stereocenters. The van der Waals surface area contributed by atoms with Crippen LogP contribution >= 0.6 is 0 Å². The van der Waals surface area contributed by atoms with Crippen LogP contribution < -0.4 is 19.5 Å². The van der Waals surface area contributed by atoms with E-state index in [1.54, 1.807) is 18.2 Å². The van der Waals surface area contributed by atoms with Crippen LogP contribution in [-0.2, 0) is 0 Å². The zero-order valence-corrected chi connectivity index (χ0v) is 15.3. The van der Waals surface area contributed by atoms with Crippen LogP contribution in [-0.4, -0.2) is 41.2 Å². The molecule has 0 bridgehead atoms. The van der Waals surface area contributed by atoms with Gasteiger partial charge in [0.15, 0.2) is 11.5 Å². The molecule has 1 aliphatic carbocycles. The lowest BCUT2D eigenvalue weighted by atomic mass is 9.92. The lowest BCUT2D eigenvalue weighted by molar-refractivity contribution is 0.0879. The Bertz CT molecular complexity index is 903. The topological polar surface area (TPSA) is 106 Å². The molecule has 1 aromatic heterocycles. The van der Waals surface area contributed by atoms with E-state index in [0.717, 1.165) is 25.7 Å². The first kappa shape index (κ1) is 18.0. The summed E-state index contributed by atoms with van der Waals surface area (Å²) in [5.41, 5.74) is 0.683. The van der Waals surface area contributed by atoms with Crippen LogP contribution in [0.4, 0.5) is 0 Å². The van der Waals surface area contributed by atoms with Crippen molar-refractivity contribution in [3.8, 4) is 23.4 Å². The number of nitrogens with zero attached hydrogens (tertiary/aromatic N) is 3. The molecule has 1 saturated carbocycles. The van der Waals surface area contributed by atoms with Gasteiger partial charge in [0.2, 0.25) is 5.69 Å². The minimum absolute atomic E-state index is 0.0434. The number of fused-ring (bicyclic) bond motifs is 1. The number of para-hydroxylation sites is 1. The highest BCUT2D eigenvalue weighted by molar-refractivity contribution is 5.98. The molecule has 0 spiro atoms. The van der Waals surface area contributed by atoms with Gasteiger partial charge >= 0.3 is 0 Å². The highest BCUT2D eigenvalue weighted by Gasteiger charge is 2.27. The van der Waals surface area contributed by atoms with Gasteiger partial charge in [-0.1, -0.05) is 6.07 Å². The average molecular weight is 380 g/mol. The van der Waals surface area contributed by atoms with Gasteiger partial charge in [0.05, 0.1) is 5.56 Å². The second-order valence-electron chi connectivity index (χ2n) is 6.72. The number of rotatable bonds is 4. The SMILES string of the molecule is N#Cc1nccnc1OC1CCC(NC(=O)c2cccc3c2OCCO3)CC1. The minimum Gasteiger partial charge on any atom is -0.486 e. The maximum Gasteiger partial charge on any atom is 0.255 e. The molecule has 0 atom stereocenters. The van der Waals surface area contributed by atoms with Gasteiger partial charge in [-0.15, -0.1) is 0 Å². The van der Waals surface area contributed by atoms with Crippen molar-refractivity contribution < 1.29 is 19.0 Å². The van der Waals surface area contributed by atoms with E-state index in [2.05, 4.69) is 15.3 Å². The second-order valence-corrected chi connectivity index (χ2v) is 6.72. The number of aromatic nitrogens is 2. The summed E-state index contributed by atoms with van der Waals surface area (Å²) in [6, 6.07) is 7.38. The molecule has 0 saturated heterocycles. The zero-order chi connectivity index (χ0) is 19.3. The van der Waals surface area contributed by atoms with Gasteiger partial charge in [-0.05, 0) is 37.8 Å². The van der Waals surface area contributed by atoms with E-state index in [9.17, 15) is 4.79 Å². The molecular weight excluding hydrogens is 360 g/mol. The Morgan fingerprint density at radius 1 is 1.14 bits per heavy atom. The third-order valence-electron chi connectivity index (χ3n) is 4.87. The summed E-state index contributed by atoms with van der Waals surface area (Å²) in [6.07, 6.45) is 6.02. The van der Waals surface area contributed by atoms with Crippen LogP contribution in [0.2, 0.25) is 0 Å². The summed E-state index contributed by atoms with van der Waals surface area (Å²) in [4.78, 5) is 20.8. The van der Waals surface area contributed by atoms with E-state index in [1.807, 2.05) is 6.07 Å². The first-order valence-corrected chi connectivity index (χ1v) is 9.32. The Balaban J connectivity index is 1.34. The first-order valence-electron chi connectivity index (χ1n) is 9.32. The van der Waals surface area contributed by atoms with Crippen molar-refractivity contribution in [3.05, 3.63) is 41.9 Å². The van der Waals surface area contributed by atoms with Crippen LogP contribution in [0.25, 0.3) is 0 Å². The number of nitrogens with one attached hydrogen (secondary N) is 1. The van der Waals surface area contributed by atoms with Crippen molar-refractivity contribution in [2.45, 2.75) is 37.8 Å².